The lowest BCUT2D eigenvalue weighted by molar-refractivity contribution is 0.0693. The predicted octanol–water partition coefficient (Wildman–Crippen LogP) is 4.52. The van der Waals surface area contributed by atoms with Gasteiger partial charge < -0.3 is 28.6 Å². The summed E-state index contributed by atoms with van der Waals surface area (Å²) >= 11 is 0. The zero-order chi connectivity index (χ0) is 24.2. The van der Waals surface area contributed by atoms with Crippen LogP contribution in [0.3, 0.4) is 0 Å². The van der Waals surface area contributed by atoms with Gasteiger partial charge in [-0.15, -0.1) is 0 Å². The summed E-state index contributed by atoms with van der Waals surface area (Å²) in [7, 11) is 7.85. The highest BCUT2D eigenvalue weighted by molar-refractivity contribution is 5.96. The second-order valence-corrected chi connectivity index (χ2v) is 7.88. The highest BCUT2D eigenvalue weighted by Gasteiger charge is 2.34. The van der Waals surface area contributed by atoms with Crippen molar-refractivity contribution in [2.24, 2.45) is 0 Å². The largest absolute Gasteiger partial charge is 0.493 e. The first kappa shape index (κ1) is 23.3. The van der Waals surface area contributed by atoms with Crippen molar-refractivity contribution in [2.45, 2.75) is 12.5 Å². The Morgan fingerprint density at radius 3 is 1.91 bits per heavy atom. The van der Waals surface area contributed by atoms with E-state index in [1.54, 1.807) is 26.4 Å². The van der Waals surface area contributed by atoms with Gasteiger partial charge in [0.15, 0.2) is 23.0 Å². The van der Waals surface area contributed by atoms with Gasteiger partial charge in [-0.2, -0.15) is 0 Å². The lowest BCUT2D eigenvalue weighted by Crippen LogP contribution is -2.40. The first-order chi connectivity index (χ1) is 16.6. The summed E-state index contributed by atoms with van der Waals surface area (Å²) in [6.07, 6.45) is 0.690. The third kappa shape index (κ3) is 4.09. The van der Waals surface area contributed by atoms with Gasteiger partial charge in [-0.1, -0.05) is 30.3 Å². The maximum absolute atomic E-state index is 13.9. The quantitative estimate of drug-likeness (QED) is 0.513. The molecular formula is C27H29NO6. The molecule has 0 aromatic heterocycles. The van der Waals surface area contributed by atoms with E-state index in [1.807, 2.05) is 47.4 Å². The molecule has 0 bridgehead atoms. The third-order valence-corrected chi connectivity index (χ3v) is 6.16. The molecule has 0 radical (unpaired) electrons. The number of nitrogens with zero attached hydrogens (tertiary/aromatic N) is 1. The van der Waals surface area contributed by atoms with Crippen LogP contribution in [-0.2, 0) is 6.42 Å². The van der Waals surface area contributed by atoms with Crippen molar-refractivity contribution in [1.82, 2.24) is 4.90 Å². The van der Waals surface area contributed by atoms with Crippen LogP contribution in [0.25, 0.3) is 0 Å². The molecule has 0 spiro atoms. The molecular weight excluding hydrogens is 434 g/mol. The SMILES string of the molecule is COc1cc2c(cc1OC)[C@@H](c1ccccc1)N(C(=O)c1cc(OC)c(OC)c(OC)c1)CC2. The topological polar surface area (TPSA) is 66.5 Å². The highest BCUT2D eigenvalue weighted by Crippen LogP contribution is 2.43. The van der Waals surface area contributed by atoms with Gasteiger partial charge in [0, 0.05) is 12.1 Å². The molecule has 0 saturated heterocycles. The fourth-order valence-electron chi connectivity index (χ4n) is 4.53. The normalized spacial score (nSPS) is 14.7. The Balaban J connectivity index is 1.84. The molecule has 1 amide bonds. The average Bonchev–Trinajstić information content (AvgIpc) is 2.90. The Morgan fingerprint density at radius 1 is 0.765 bits per heavy atom. The van der Waals surface area contributed by atoms with Crippen LogP contribution in [0, 0.1) is 0 Å². The number of benzene rings is 3. The van der Waals surface area contributed by atoms with Crippen LogP contribution < -0.4 is 23.7 Å². The van der Waals surface area contributed by atoms with Crippen molar-refractivity contribution < 1.29 is 28.5 Å². The van der Waals surface area contributed by atoms with E-state index in [1.165, 1.54) is 21.3 Å². The number of carbonyl (C=O) groups excluding carboxylic acids is 1. The molecule has 1 heterocycles. The summed E-state index contributed by atoms with van der Waals surface area (Å²) in [4.78, 5) is 15.8. The molecule has 0 aliphatic carbocycles. The minimum absolute atomic E-state index is 0.131. The smallest absolute Gasteiger partial charge is 0.254 e. The molecule has 1 aliphatic rings. The number of ether oxygens (including phenoxy) is 5. The van der Waals surface area contributed by atoms with Gasteiger partial charge in [-0.25, -0.2) is 0 Å². The van der Waals surface area contributed by atoms with Crippen molar-refractivity contribution >= 4 is 5.91 Å². The highest BCUT2D eigenvalue weighted by atomic mass is 16.5. The first-order valence-corrected chi connectivity index (χ1v) is 11.0. The van der Waals surface area contributed by atoms with Crippen molar-refractivity contribution in [1.29, 1.82) is 0 Å². The summed E-state index contributed by atoms with van der Waals surface area (Å²) in [6.45, 7) is 0.539. The van der Waals surface area contributed by atoms with Crippen LogP contribution in [0.15, 0.2) is 54.6 Å². The number of amides is 1. The zero-order valence-corrected chi connectivity index (χ0v) is 20.1. The van der Waals surface area contributed by atoms with Gasteiger partial charge in [0.1, 0.15) is 0 Å². The second kappa shape index (κ2) is 9.95. The van der Waals surface area contributed by atoms with Gasteiger partial charge in [0.05, 0.1) is 41.6 Å². The van der Waals surface area contributed by atoms with E-state index in [9.17, 15) is 4.79 Å². The predicted molar refractivity (Wildman–Crippen MR) is 129 cm³/mol. The fraction of sp³-hybridized carbons (Fsp3) is 0.296. The molecule has 4 rings (SSSR count). The first-order valence-electron chi connectivity index (χ1n) is 11.0. The van der Waals surface area contributed by atoms with Crippen LogP contribution in [0.1, 0.15) is 33.1 Å². The third-order valence-electron chi connectivity index (χ3n) is 6.16. The van der Waals surface area contributed by atoms with Crippen LogP contribution in [-0.4, -0.2) is 52.9 Å². The number of carbonyl (C=O) groups is 1. The summed E-state index contributed by atoms with van der Waals surface area (Å²) in [5.41, 5.74) is 3.60. The van der Waals surface area contributed by atoms with Crippen molar-refractivity contribution in [3.63, 3.8) is 0 Å². The molecule has 0 fully saturated rings. The molecule has 0 N–H and O–H groups in total. The Labute approximate surface area is 199 Å². The lowest BCUT2D eigenvalue weighted by Gasteiger charge is -2.38. The van der Waals surface area contributed by atoms with E-state index in [0.29, 0.717) is 47.3 Å². The standard InChI is InChI=1S/C27H29NO6/c1-30-21-13-18-11-12-28(25(17-9-7-6-8-10-17)20(18)16-22(21)31-2)27(29)19-14-23(32-3)26(34-5)24(15-19)33-4/h6-10,13-16,25H,11-12H2,1-5H3/t25-/m1/s1. The van der Waals surface area contributed by atoms with Gasteiger partial charge in [0.25, 0.3) is 5.91 Å². The lowest BCUT2D eigenvalue weighted by atomic mass is 9.87. The molecule has 0 saturated carbocycles. The molecule has 7 heteroatoms. The number of hydrogen-bond donors (Lipinski definition) is 0. The average molecular weight is 464 g/mol. The molecule has 34 heavy (non-hydrogen) atoms. The molecule has 1 aliphatic heterocycles. The van der Waals surface area contributed by atoms with Crippen molar-refractivity contribution in [2.75, 3.05) is 42.1 Å². The summed E-state index contributed by atoms with van der Waals surface area (Å²) in [5, 5.41) is 0. The Kier molecular flexibility index (Phi) is 6.82. The number of methoxy groups -OCH3 is 5. The zero-order valence-electron chi connectivity index (χ0n) is 20.1. The maximum Gasteiger partial charge on any atom is 0.254 e. The fourth-order valence-corrected chi connectivity index (χ4v) is 4.53. The number of hydrogen-bond acceptors (Lipinski definition) is 6. The van der Waals surface area contributed by atoms with Gasteiger partial charge in [0.2, 0.25) is 5.75 Å². The molecule has 1 atom stereocenters. The van der Waals surface area contributed by atoms with Crippen LogP contribution >= 0.6 is 0 Å². The Bertz CT molecular complexity index is 1150. The van der Waals surface area contributed by atoms with E-state index >= 15 is 0 Å². The summed E-state index contributed by atoms with van der Waals surface area (Å²) in [6, 6.07) is 17.1. The van der Waals surface area contributed by atoms with Crippen LogP contribution in [0.5, 0.6) is 28.7 Å². The molecule has 7 nitrogen and oxygen atoms in total. The molecule has 3 aromatic rings. The van der Waals surface area contributed by atoms with Gasteiger partial charge in [-0.05, 0) is 47.4 Å². The molecule has 0 unspecified atom stereocenters. The van der Waals surface area contributed by atoms with E-state index < -0.39 is 0 Å². The summed E-state index contributed by atoms with van der Waals surface area (Å²) < 4.78 is 27.5. The van der Waals surface area contributed by atoms with Gasteiger partial charge in [-0.3, -0.25) is 4.79 Å². The molecule has 3 aromatic carbocycles. The van der Waals surface area contributed by atoms with Gasteiger partial charge >= 0.3 is 0 Å². The van der Waals surface area contributed by atoms with Crippen molar-refractivity contribution in [3.8, 4) is 28.7 Å². The van der Waals surface area contributed by atoms with Crippen LogP contribution in [0.4, 0.5) is 0 Å². The minimum Gasteiger partial charge on any atom is -0.493 e. The Morgan fingerprint density at radius 2 is 1.35 bits per heavy atom. The van der Waals surface area contributed by atoms with E-state index in [0.717, 1.165) is 16.7 Å². The van der Waals surface area contributed by atoms with E-state index in [2.05, 4.69) is 0 Å². The van der Waals surface area contributed by atoms with E-state index in [-0.39, 0.29) is 11.9 Å². The minimum atomic E-state index is -0.295. The number of fused-ring (bicyclic) bond motifs is 1. The number of rotatable bonds is 7. The maximum atomic E-state index is 13.9. The molecule has 178 valence electrons. The second-order valence-electron chi connectivity index (χ2n) is 7.88. The van der Waals surface area contributed by atoms with Crippen LogP contribution in [0.2, 0.25) is 0 Å². The Hall–Kier alpha value is -3.87. The monoisotopic (exact) mass is 463 g/mol. The van der Waals surface area contributed by atoms with E-state index in [4.69, 9.17) is 23.7 Å². The van der Waals surface area contributed by atoms with Crippen molar-refractivity contribution in [3.05, 3.63) is 76.9 Å². The summed E-state index contributed by atoms with van der Waals surface area (Å²) in [5.74, 6) is 2.49.